The first-order valence-electron chi connectivity index (χ1n) is 4.64. The number of fused-ring (bicyclic) bond motifs is 1. The molecule has 100 valence electrons. The Hall–Kier alpha value is -0.300. The highest BCUT2D eigenvalue weighted by atomic mass is 32.3. The van der Waals surface area contributed by atoms with E-state index in [1.165, 1.54) is 0 Å². The van der Waals surface area contributed by atoms with Crippen molar-refractivity contribution in [3.8, 4) is 0 Å². The summed E-state index contributed by atoms with van der Waals surface area (Å²) in [6.45, 7) is 0. The van der Waals surface area contributed by atoms with Crippen LogP contribution in [0.3, 0.4) is 0 Å². The summed E-state index contributed by atoms with van der Waals surface area (Å²) in [6.07, 6.45) is -2.93. The molecule has 0 radical (unpaired) electrons. The Bertz CT molecular complexity index is 508. The van der Waals surface area contributed by atoms with Crippen molar-refractivity contribution in [3.05, 3.63) is 0 Å². The highest BCUT2D eigenvalue weighted by Crippen LogP contribution is 2.37. The summed E-state index contributed by atoms with van der Waals surface area (Å²) in [6, 6.07) is 0. The number of rotatable bonds is 0. The molecule has 1 aliphatic heterocycles. The first kappa shape index (κ1) is 13.1. The number of aliphatic hydroxyl groups is 2. The summed E-state index contributed by atoms with van der Waals surface area (Å²) in [5.41, 5.74) is 0. The van der Waals surface area contributed by atoms with Crippen LogP contribution in [0.4, 0.5) is 0 Å². The Morgan fingerprint density at radius 3 is 2.47 bits per heavy atom. The predicted octanol–water partition coefficient (Wildman–Crippen LogP) is -1.86. The number of hydrogen-bond acceptors (Lipinski definition) is 9. The van der Waals surface area contributed by atoms with Crippen LogP contribution in [0.5, 0.6) is 0 Å². The van der Waals surface area contributed by atoms with Crippen LogP contribution in [-0.4, -0.2) is 45.0 Å². The maximum atomic E-state index is 11.1. The first-order chi connectivity index (χ1) is 7.64. The predicted molar refractivity (Wildman–Crippen MR) is 49.7 cm³/mol. The second-order valence-electron chi connectivity index (χ2n) is 3.79. The molecule has 3 unspecified atom stereocenters. The third-order valence-corrected chi connectivity index (χ3v) is 4.73. The molecule has 1 heterocycles. The van der Waals surface area contributed by atoms with Gasteiger partial charge in [0.25, 0.3) is 0 Å². The number of hydrogen-bond donors (Lipinski definition) is 2. The maximum absolute atomic E-state index is 11.1. The third kappa shape index (κ3) is 2.59. The number of aliphatic hydroxyl groups excluding tert-OH is 1. The van der Waals surface area contributed by atoms with Crippen LogP contribution in [0.15, 0.2) is 0 Å². The highest BCUT2D eigenvalue weighted by Gasteiger charge is 2.55. The quantitative estimate of drug-likeness (QED) is 0.526. The van der Waals surface area contributed by atoms with E-state index >= 15 is 0 Å². The molecule has 2 rings (SSSR count). The van der Waals surface area contributed by atoms with Crippen LogP contribution < -0.4 is 0 Å². The molecule has 0 aromatic heterocycles. The van der Waals surface area contributed by atoms with Crippen molar-refractivity contribution in [1.82, 2.24) is 0 Å². The Labute approximate surface area is 97.6 Å². The van der Waals surface area contributed by atoms with Gasteiger partial charge < -0.3 is 10.2 Å². The molecule has 2 aliphatic rings. The van der Waals surface area contributed by atoms with E-state index in [9.17, 15) is 27.0 Å². The molecule has 1 saturated heterocycles. The van der Waals surface area contributed by atoms with Gasteiger partial charge in [-0.3, -0.25) is 0 Å². The molecule has 9 nitrogen and oxygen atoms in total. The molecule has 0 bridgehead atoms. The summed E-state index contributed by atoms with van der Waals surface area (Å²) in [7, 11) is -9.85. The summed E-state index contributed by atoms with van der Waals surface area (Å²) in [5.74, 6) is -2.44. The van der Waals surface area contributed by atoms with Gasteiger partial charge in [-0.05, 0) is 12.8 Å². The van der Waals surface area contributed by atoms with Crippen molar-refractivity contribution in [2.75, 3.05) is 0 Å². The summed E-state index contributed by atoms with van der Waals surface area (Å²) < 4.78 is 56.6. The van der Waals surface area contributed by atoms with Crippen molar-refractivity contribution < 1.29 is 39.0 Å². The molecular formula is C6H10O9S2. The van der Waals surface area contributed by atoms with E-state index < -0.39 is 38.8 Å². The van der Waals surface area contributed by atoms with Gasteiger partial charge in [0, 0.05) is 6.42 Å². The van der Waals surface area contributed by atoms with Gasteiger partial charge in [-0.1, -0.05) is 0 Å². The zero-order valence-electron chi connectivity index (χ0n) is 8.34. The van der Waals surface area contributed by atoms with E-state index in [1.54, 1.807) is 0 Å². The van der Waals surface area contributed by atoms with Crippen molar-refractivity contribution in [2.45, 2.75) is 37.3 Å². The van der Waals surface area contributed by atoms with Gasteiger partial charge in [-0.2, -0.15) is 16.8 Å². The Morgan fingerprint density at radius 1 is 1.18 bits per heavy atom. The first-order valence-corrected chi connectivity index (χ1v) is 7.31. The van der Waals surface area contributed by atoms with E-state index in [0.717, 1.165) is 0 Å². The van der Waals surface area contributed by atoms with E-state index in [2.05, 4.69) is 12.0 Å². The van der Waals surface area contributed by atoms with E-state index in [-0.39, 0.29) is 19.3 Å². The molecule has 2 fully saturated rings. The molecular weight excluding hydrogens is 280 g/mol. The highest BCUT2D eigenvalue weighted by molar-refractivity contribution is 7.95. The molecule has 11 heteroatoms. The van der Waals surface area contributed by atoms with Crippen LogP contribution >= 0.6 is 0 Å². The van der Waals surface area contributed by atoms with Crippen LogP contribution in [0.1, 0.15) is 19.3 Å². The summed E-state index contributed by atoms with van der Waals surface area (Å²) >= 11 is 0. The van der Waals surface area contributed by atoms with Gasteiger partial charge in [0.2, 0.25) is 5.79 Å². The van der Waals surface area contributed by atoms with Crippen LogP contribution in [0.25, 0.3) is 0 Å². The molecule has 3 atom stereocenters. The lowest BCUT2D eigenvalue weighted by molar-refractivity contribution is -0.234. The lowest BCUT2D eigenvalue weighted by Crippen LogP contribution is -2.55. The fraction of sp³-hybridized carbons (Fsp3) is 1.00. The van der Waals surface area contributed by atoms with E-state index in [1.807, 2.05) is 0 Å². The molecule has 0 amide bonds. The molecule has 2 N–H and O–H groups in total. The average Bonchev–Trinajstić information content (AvgIpc) is 2.15. The van der Waals surface area contributed by atoms with Crippen molar-refractivity contribution >= 4 is 20.8 Å². The Morgan fingerprint density at radius 2 is 1.82 bits per heavy atom. The van der Waals surface area contributed by atoms with Gasteiger partial charge in [-0.25, -0.2) is 8.37 Å². The molecule has 0 aromatic rings. The monoisotopic (exact) mass is 290 g/mol. The summed E-state index contributed by atoms with van der Waals surface area (Å²) in [5, 5.41) is 19.4. The second kappa shape index (κ2) is 3.85. The smallest absolute Gasteiger partial charge is 0.390 e. The fourth-order valence-corrected chi connectivity index (χ4v) is 3.94. The molecule has 0 aromatic carbocycles. The zero-order chi connectivity index (χ0) is 12.9. The van der Waals surface area contributed by atoms with Gasteiger partial charge in [0.15, 0.2) is 6.10 Å². The average molecular weight is 290 g/mol. The van der Waals surface area contributed by atoms with Crippen LogP contribution in [0.2, 0.25) is 0 Å². The molecule has 1 aliphatic carbocycles. The maximum Gasteiger partial charge on any atom is 0.419 e. The van der Waals surface area contributed by atoms with Crippen molar-refractivity contribution in [3.63, 3.8) is 0 Å². The van der Waals surface area contributed by atoms with Crippen LogP contribution in [-0.2, 0) is 32.8 Å². The normalized spacial score (nSPS) is 44.6. The Kier molecular flexibility index (Phi) is 2.97. The van der Waals surface area contributed by atoms with Crippen LogP contribution in [0, 0.1) is 0 Å². The van der Waals surface area contributed by atoms with Crippen molar-refractivity contribution in [2.24, 2.45) is 0 Å². The van der Waals surface area contributed by atoms with E-state index in [0.29, 0.717) is 0 Å². The topological polar surface area (TPSA) is 136 Å². The molecule has 1 saturated carbocycles. The largest absolute Gasteiger partial charge is 0.419 e. The van der Waals surface area contributed by atoms with Gasteiger partial charge in [0.1, 0.15) is 0 Å². The van der Waals surface area contributed by atoms with Gasteiger partial charge >= 0.3 is 20.8 Å². The SMILES string of the molecule is O=S1(=O)OC2C(O)CCCC2(O)OS(=O)(=O)O1. The second-order valence-corrected chi connectivity index (χ2v) is 6.33. The molecule has 0 spiro atoms. The minimum atomic E-state index is -4.95. The lowest BCUT2D eigenvalue weighted by atomic mass is 9.89. The third-order valence-electron chi connectivity index (χ3n) is 2.46. The van der Waals surface area contributed by atoms with Crippen molar-refractivity contribution in [1.29, 1.82) is 0 Å². The standard InChI is InChI=1S/C6H10O9S2/c7-4-2-1-3-6(8)5(4)13-16(9,10)15-17(11,12)14-6/h4-5,7-8H,1-3H2. The zero-order valence-corrected chi connectivity index (χ0v) is 9.98. The van der Waals surface area contributed by atoms with Gasteiger partial charge in [-0.15, -0.1) is 3.63 Å². The minimum absolute atomic E-state index is 0.145. The van der Waals surface area contributed by atoms with Gasteiger partial charge in [0.05, 0.1) is 6.10 Å². The molecule has 17 heavy (non-hydrogen) atoms. The lowest BCUT2D eigenvalue weighted by Gasteiger charge is -2.37. The minimum Gasteiger partial charge on any atom is -0.390 e. The fourth-order valence-electron chi connectivity index (χ4n) is 1.82. The summed E-state index contributed by atoms with van der Waals surface area (Å²) in [4.78, 5) is 0. The van der Waals surface area contributed by atoms with E-state index in [4.69, 9.17) is 0 Å². The Balaban J connectivity index is 2.47.